The molecular weight excluding hydrogens is 284 g/mol. The van der Waals surface area contributed by atoms with E-state index in [0.29, 0.717) is 5.56 Å². The Morgan fingerprint density at radius 1 is 1.35 bits per heavy atom. The summed E-state index contributed by atoms with van der Waals surface area (Å²) < 4.78 is 26.4. The van der Waals surface area contributed by atoms with Crippen LogP contribution in [0.3, 0.4) is 0 Å². The molecule has 8 heteroatoms. The lowest BCUT2D eigenvalue weighted by molar-refractivity contribution is -0.384. The van der Waals surface area contributed by atoms with Crippen LogP contribution in [0.1, 0.15) is 26.3 Å². The second-order valence-corrected chi connectivity index (χ2v) is 6.90. The molecular formula is C12H18N2O5S. The molecule has 0 aliphatic heterocycles. The van der Waals surface area contributed by atoms with Crippen molar-refractivity contribution in [2.45, 2.75) is 38.2 Å². The van der Waals surface area contributed by atoms with Crippen molar-refractivity contribution in [2.24, 2.45) is 0 Å². The number of benzene rings is 1. The molecule has 1 atom stereocenters. The highest BCUT2D eigenvalue weighted by Crippen LogP contribution is 2.16. The van der Waals surface area contributed by atoms with Crippen molar-refractivity contribution in [3.63, 3.8) is 0 Å². The van der Waals surface area contributed by atoms with Gasteiger partial charge in [0.05, 0.1) is 22.3 Å². The van der Waals surface area contributed by atoms with Crippen molar-refractivity contribution in [2.75, 3.05) is 0 Å². The van der Waals surface area contributed by atoms with E-state index < -0.39 is 26.6 Å². The zero-order valence-corrected chi connectivity index (χ0v) is 12.3. The van der Waals surface area contributed by atoms with Crippen LogP contribution in [0, 0.1) is 10.1 Å². The maximum absolute atomic E-state index is 12.0. The van der Waals surface area contributed by atoms with Crippen LogP contribution >= 0.6 is 0 Å². The van der Waals surface area contributed by atoms with Crippen LogP contribution in [0.25, 0.3) is 0 Å². The van der Waals surface area contributed by atoms with Crippen LogP contribution in [0.2, 0.25) is 0 Å². The van der Waals surface area contributed by atoms with Gasteiger partial charge in [0.15, 0.2) is 0 Å². The van der Waals surface area contributed by atoms with Crippen molar-refractivity contribution >= 4 is 15.7 Å². The van der Waals surface area contributed by atoms with Crippen molar-refractivity contribution in [3.8, 4) is 0 Å². The van der Waals surface area contributed by atoms with E-state index in [9.17, 15) is 23.6 Å². The number of non-ortho nitro benzene ring substituents is 1. The molecule has 0 saturated carbocycles. The zero-order chi connectivity index (χ0) is 15.6. The predicted molar refractivity (Wildman–Crippen MR) is 74.6 cm³/mol. The van der Waals surface area contributed by atoms with Crippen LogP contribution in [0.5, 0.6) is 0 Å². The van der Waals surface area contributed by atoms with Crippen LogP contribution in [-0.4, -0.2) is 30.1 Å². The maximum atomic E-state index is 12.0. The summed E-state index contributed by atoms with van der Waals surface area (Å²) in [5.41, 5.74) is -0.646. The van der Waals surface area contributed by atoms with Crippen molar-refractivity contribution in [1.82, 2.24) is 4.72 Å². The van der Waals surface area contributed by atoms with Crippen LogP contribution in [0.4, 0.5) is 5.69 Å². The second-order valence-electron chi connectivity index (χ2n) is 5.18. The highest BCUT2D eigenvalue weighted by Gasteiger charge is 2.29. The fraction of sp³-hybridized carbons (Fsp3) is 0.500. The number of nitro benzene ring substituents is 1. The predicted octanol–water partition coefficient (Wildman–Crippen LogP) is 1.17. The fourth-order valence-electron chi connectivity index (χ4n) is 1.46. The van der Waals surface area contributed by atoms with Gasteiger partial charge in [0.25, 0.3) is 5.69 Å². The van der Waals surface area contributed by atoms with E-state index >= 15 is 0 Å². The first-order valence-corrected chi connectivity index (χ1v) is 7.62. The molecule has 0 aliphatic rings. The van der Waals surface area contributed by atoms with E-state index in [1.165, 1.54) is 31.2 Å². The highest BCUT2D eigenvalue weighted by atomic mass is 32.2. The van der Waals surface area contributed by atoms with Crippen molar-refractivity contribution < 1.29 is 18.4 Å². The molecule has 0 heterocycles. The summed E-state index contributed by atoms with van der Waals surface area (Å²) in [5, 5.41) is 20.0. The molecule has 0 aliphatic carbocycles. The van der Waals surface area contributed by atoms with E-state index in [0.717, 1.165) is 0 Å². The number of rotatable bonds is 6. The molecule has 1 aromatic rings. The van der Waals surface area contributed by atoms with Gasteiger partial charge >= 0.3 is 0 Å². The Morgan fingerprint density at radius 2 is 1.85 bits per heavy atom. The number of sulfonamides is 1. The standard InChI is InChI=1S/C12H18N2O5S/c1-9(15)12(2,3)13-20(18,19)8-10-4-6-11(7-5-10)14(16)17/h4-7,9,13,15H,8H2,1-3H3. The summed E-state index contributed by atoms with van der Waals surface area (Å²) in [6.07, 6.45) is -0.853. The number of hydrogen-bond acceptors (Lipinski definition) is 5. The second kappa shape index (κ2) is 5.86. The number of nitro groups is 1. The lowest BCUT2D eigenvalue weighted by atomic mass is 10.0. The van der Waals surface area contributed by atoms with Gasteiger partial charge in [-0.25, -0.2) is 13.1 Å². The Hall–Kier alpha value is -1.51. The molecule has 0 aromatic heterocycles. The van der Waals surface area contributed by atoms with Gasteiger partial charge in [0.2, 0.25) is 10.0 Å². The molecule has 0 spiro atoms. The van der Waals surface area contributed by atoms with E-state index in [4.69, 9.17) is 0 Å². The quantitative estimate of drug-likeness (QED) is 0.605. The minimum Gasteiger partial charge on any atom is -0.391 e. The zero-order valence-electron chi connectivity index (χ0n) is 11.5. The molecule has 0 amide bonds. The molecule has 0 radical (unpaired) electrons. The smallest absolute Gasteiger partial charge is 0.269 e. The minimum absolute atomic E-state index is 0.0941. The number of aliphatic hydroxyl groups excluding tert-OH is 1. The number of aliphatic hydroxyl groups is 1. The molecule has 0 bridgehead atoms. The summed E-state index contributed by atoms with van der Waals surface area (Å²) in [7, 11) is -3.65. The lowest BCUT2D eigenvalue weighted by Crippen LogP contribution is -2.51. The van der Waals surface area contributed by atoms with Crippen LogP contribution < -0.4 is 4.72 Å². The first kappa shape index (κ1) is 16.5. The fourth-order valence-corrected chi connectivity index (χ4v) is 3.13. The first-order valence-electron chi connectivity index (χ1n) is 5.96. The topological polar surface area (TPSA) is 110 Å². The summed E-state index contributed by atoms with van der Waals surface area (Å²) in [6.45, 7) is 4.64. The van der Waals surface area contributed by atoms with Crippen molar-refractivity contribution in [1.29, 1.82) is 0 Å². The lowest BCUT2D eigenvalue weighted by Gasteiger charge is -2.28. The largest absolute Gasteiger partial charge is 0.391 e. The SMILES string of the molecule is CC(O)C(C)(C)NS(=O)(=O)Cc1ccc([N+](=O)[O-])cc1. The third-order valence-corrected chi connectivity index (χ3v) is 4.52. The van der Waals surface area contributed by atoms with E-state index in [2.05, 4.69) is 4.72 Å². The number of hydrogen-bond donors (Lipinski definition) is 2. The van der Waals surface area contributed by atoms with Gasteiger partial charge in [0.1, 0.15) is 0 Å². The first-order chi connectivity index (χ1) is 9.03. The van der Waals surface area contributed by atoms with Gasteiger partial charge in [-0.05, 0) is 26.3 Å². The van der Waals surface area contributed by atoms with Crippen LogP contribution in [0.15, 0.2) is 24.3 Å². The Balaban J connectivity index is 2.84. The Labute approximate surface area is 117 Å². The maximum Gasteiger partial charge on any atom is 0.269 e. The molecule has 20 heavy (non-hydrogen) atoms. The van der Waals surface area contributed by atoms with Gasteiger partial charge < -0.3 is 5.11 Å². The summed E-state index contributed by atoms with van der Waals surface area (Å²) in [5.74, 6) is -0.304. The van der Waals surface area contributed by atoms with Gasteiger partial charge in [0, 0.05) is 12.1 Å². The molecule has 7 nitrogen and oxygen atoms in total. The number of nitrogens with one attached hydrogen (secondary N) is 1. The molecule has 1 aromatic carbocycles. The molecule has 0 fully saturated rings. The van der Waals surface area contributed by atoms with Gasteiger partial charge in [-0.15, -0.1) is 0 Å². The monoisotopic (exact) mass is 302 g/mol. The average molecular weight is 302 g/mol. The third kappa shape index (κ3) is 4.55. The highest BCUT2D eigenvalue weighted by molar-refractivity contribution is 7.88. The third-order valence-electron chi connectivity index (χ3n) is 2.97. The van der Waals surface area contributed by atoms with E-state index in [1.807, 2.05) is 0 Å². The Bertz CT molecular complexity index is 578. The number of nitrogens with zero attached hydrogens (tertiary/aromatic N) is 1. The minimum atomic E-state index is -3.65. The summed E-state index contributed by atoms with van der Waals surface area (Å²) in [6, 6.07) is 5.30. The summed E-state index contributed by atoms with van der Waals surface area (Å²) >= 11 is 0. The molecule has 112 valence electrons. The molecule has 1 unspecified atom stereocenters. The molecule has 2 N–H and O–H groups in total. The van der Waals surface area contributed by atoms with Gasteiger partial charge in [-0.1, -0.05) is 12.1 Å². The van der Waals surface area contributed by atoms with Crippen LogP contribution in [-0.2, 0) is 15.8 Å². The van der Waals surface area contributed by atoms with E-state index in [-0.39, 0.29) is 11.4 Å². The average Bonchev–Trinajstić information content (AvgIpc) is 2.27. The van der Waals surface area contributed by atoms with E-state index in [1.54, 1.807) is 13.8 Å². The van der Waals surface area contributed by atoms with Gasteiger partial charge in [-0.3, -0.25) is 10.1 Å². The van der Waals surface area contributed by atoms with Gasteiger partial charge in [-0.2, -0.15) is 0 Å². The Morgan fingerprint density at radius 3 is 2.25 bits per heavy atom. The Kier molecular flexibility index (Phi) is 4.85. The molecule has 0 saturated heterocycles. The normalized spacial score (nSPS) is 14.0. The molecule has 1 rings (SSSR count). The summed E-state index contributed by atoms with van der Waals surface area (Å²) in [4.78, 5) is 9.96. The van der Waals surface area contributed by atoms with Crippen molar-refractivity contribution in [3.05, 3.63) is 39.9 Å².